The first-order valence-corrected chi connectivity index (χ1v) is 8.35. The number of aryl methyl sites for hydroxylation is 2. The van der Waals surface area contributed by atoms with Gasteiger partial charge in [-0.15, -0.1) is 0 Å². The molecule has 2 aromatic heterocycles. The van der Waals surface area contributed by atoms with E-state index in [0.29, 0.717) is 11.4 Å². The van der Waals surface area contributed by atoms with Crippen molar-refractivity contribution in [2.24, 2.45) is 7.05 Å². The lowest BCUT2D eigenvalue weighted by molar-refractivity contribution is 0.0735. The van der Waals surface area contributed by atoms with Gasteiger partial charge in [-0.25, -0.2) is 4.98 Å². The van der Waals surface area contributed by atoms with Crippen LogP contribution >= 0.6 is 0 Å². The van der Waals surface area contributed by atoms with Crippen molar-refractivity contribution >= 4 is 11.7 Å². The van der Waals surface area contributed by atoms with Gasteiger partial charge in [-0.05, 0) is 38.8 Å². The van der Waals surface area contributed by atoms with Gasteiger partial charge in [-0.3, -0.25) is 9.48 Å². The first-order valence-electron chi connectivity index (χ1n) is 8.35. The molecule has 3 heterocycles. The molecule has 1 atom stereocenters. The Morgan fingerprint density at radius 1 is 1.33 bits per heavy atom. The molecule has 2 aromatic rings. The van der Waals surface area contributed by atoms with E-state index >= 15 is 0 Å². The van der Waals surface area contributed by atoms with Crippen LogP contribution in [0.5, 0.6) is 0 Å². The zero-order valence-corrected chi connectivity index (χ0v) is 15.1. The first-order chi connectivity index (χ1) is 11.4. The second-order valence-electron chi connectivity index (χ2n) is 6.63. The van der Waals surface area contributed by atoms with E-state index < -0.39 is 0 Å². The highest BCUT2D eigenvalue weighted by Crippen LogP contribution is 2.37. The third-order valence-corrected chi connectivity index (χ3v) is 4.85. The fourth-order valence-electron chi connectivity index (χ4n) is 3.66. The summed E-state index contributed by atoms with van der Waals surface area (Å²) in [7, 11) is 5.78. The van der Waals surface area contributed by atoms with Crippen molar-refractivity contribution in [3.8, 4) is 0 Å². The van der Waals surface area contributed by atoms with Crippen molar-refractivity contribution < 1.29 is 4.79 Å². The molecule has 0 radical (unpaired) electrons. The molecule has 0 aromatic carbocycles. The van der Waals surface area contributed by atoms with Gasteiger partial charge in [0.15, 0.2) is 0 Å². The molecule has 3 rings (SSSR count). The van der Waals surface area contributed by atoms with Crippen LogP contribution < -0.4 is 4.90 Å². The van der Waals surface area contributed by atoms with Crippen LogP contribution in [0.4, 0.5) is 5.82 Å². The average Bonchev–Trinajstić information content (AvgIpc) is 3.11. The van der Waals surface area contributed by atoms with E-state index in [0.717, 1.165) is 30.8 Å². The van der Waals surface area contributed by atoms with Gasteiger partial charge in [0.05, 0.1) is 17.3 Å². The van der Waals surface area contributed by atoms with E-state index in [1.165, 1.54) is 5.56 Å². The lowest BCUT2D eigenvalue weighted by Crippen LogP contribution is -2.32. The number of anilines is 1. The average molecular weight is 327 g/mol. The second-order valence-corrected chi connectivity index (χ2v) is 6.63. The van der Waals surface area contributed by atoms with Crippen LogP contribution in [0.25, 0.3) is 0 Å². The zero-order chi connectivity index (χ0) is 17.4. The number of nitrogens with zero attached hydrogens (tertiary/aromatic N) is 5. The minimum Gasteiger partial charge on any atom is -0.362 e. The maximum absolute atomic E-state index is 13.2. The van der Waals surface area contributed by atoms with Crippen LogP contribution in [-0.2, 0) is 7.05 Å². The maximum atomic E-state index is 13.2. The molecule has 1 saturated heterocycles. The third-order valence-electron chi connectivity index (χ3n) is 4.85. The first kappa shape index (κ1) is 16.5. The minimum atomic E-state index is 0.0527. The number of hydrogen-bond donors (Lipinski definition) is 0. The summed E-state index contributed by atoms with van der Waals surface area (Å²) in [4.78, 5) is 21.5. The molecular formula is C18H25N5O. The van der Waals surface area contributed by atoms with Crippen LogP contribution in [-0.4, -0.2) is 46.2 Å². The lowest BCUT2D eigenvalue weighted by Gasteiger charge is -2.27. The van der Waals surface area contributed by atoms with Crippen molar-refractivity contribution in [3.05, 3.63) is 40.8 Å². The van der Waals surface area contributed by atoms with E-state index in [4.69, 9.17) is 0 Å². The van der Waals surface area contributed by atoms with Crippen LogP contribution in [0.2, 0.25) is 0 Å². The van der Waals surface area contributed by atoms with Gasteiger partial charge in [-0.1, -0.05) is 0 Å². The summed E-state index contributed by atoms with van der Waals surface area (Å²) >= 11 is 0. The molecule has 6 heteroatoms. The van der Waals surface area contributed by atoms with Crippen molar-refractivity contribution in [3.63, 3.8) is 0 Å². The third kappa shape index (κ3) is 2.66. The van der Waals surface area contributed by atoms with Crippen LogP contribution in [0, 0.1) is 13.8 Å². The highest BCUT2D eigenvalue weighted by atomic mass is 16.2. The molecule has 1 aliphatic heterocycles. The molecule has 1 fully saturated rings. The summed E-state index contributed by atoms with van der Waals surface area (Å²) in [5, 5.41) is 4.53. The van der Waals surface area contributed by atoms with Crippen LogP contribution in [0.3, 0.4) is 0 Å². The summed E-state index contributed by atoms with van der Waals surface area (Å²) in [6.45, 7) is 4.88. The van der Waals surface area contributed by atoms with Gasteiger partial charge >= 0.3 is 0 Å². The van der Waals surface area contributed by atoms with E-state index in [1.54, 1.807) is 6.20 Å². The van der Waals surface area contributed by atoms with E-state index in [9.17, 15) is 4.79 Å². The quantitative estimate of drug-likeness (QED) is 0.869. The molecular weight excluding hydrogens is 302 g/mol. The summed E-state index contributed by atoms with van der Waals surface area (Å²) in [5.41, 5.74) is 4.00. The van der Waals surface area contributed by atoms with Gasteiger partial charge in [0.25, 0.3) is 5.91 Å². The molecule has 128 valence electrons. The number of hydrogen-bond acceptors (Lipinski definition) is 4. The van der Waals surface area contributed by atoms with Gasteiger partial charge in [0, 0.05) is 45.1 Å². The number of aromatic nitrogens is 3. The Morgan fingerprint density at radius 2 is 2.08 bits per heavy atom. The Balaban J connectivity index is 1.98. The Labute approximate surface area is 143 Å². The predicted molar refractivity (Wildman–Crippen MR) is 94.3 cm³/mol. The molecule has 6 nitrogen and oxygen atoms in total. The molecule has 0 unspecified atom stereocenters. The van der Waals surface area contributed by atoms with Crippen molar-refractivity contribution in [1.29, 1.82) is 0 Å². The number of pyridine rings is 1. The van der Waals surface area contributed by atoms with Gasteiger partial charge in [0.1, 0.15) is 5.82 Å². The summed E-state index contributed by atoms with van der Waals surface area (Å²) < 4.78 is 1.90. The largest absolute Gasteiger partial charge is 0.362 e. The summed E-state index contributed by atoms with van der Waals surface area (Å²) in [6, 6.07) is 3.79. The molecule has 1 aliphatic rings. The number of carbonyl (C=O) groups excluding carboxylic acids is 1. The van der Waals surface area contributed by atoms with Crippen LogP contribution in [0.15, 0.2) is 18.3 Å². The molecule has 1 amide bonds. The predicted octanol–water partition coefficient (Wildman–Crippen LogP) is 2.48. The second kappa shape index (κ2) is 6.26. The Morgan fingerprint density at radius 3 is 2.71 bits per heavy atom. The molecule has 24 heavy (non-hydrogen) atoms. The molecule has 0 aliphatic carbocycles. The Kier molecular flexibility index (Phi) is 4.30. The molecule has 0 N–H and O–H groups in total. The normalized spacial score (nSPS) is 17.4. The minimum absolute atomic E-state index is 0.0527. The fraction of sp³-hybridized carbons (Fsp3) is 0.500. The molecule has 0 saturated carbocycles. The number of rotatable bonds is 3. The SMILES string of the molecule is Cc1nn(C)c(C)c1[C@H]1CCCN1C(=O)c1cccnc1N(C)C. The van der Waals surface area contributed by atoms with E-state index in [-0.39, 0.29) is 11.9 Å². The maximum Gasteiger partial charge on any atom is 0.258 e. The van der Waals surface area contributed by atoms with Crippen molar-refractivity contribution in [2.45, 2.75) is 32.7 Å². The number of likely N-dealkylation sites (tertiary alicyclic amines) is 1. The van der Waals surface area contributed by atoms with E-state index in [1.807, 2.05) is 54.7 Å². The van der Waals surface area contributed by atoms with Gasteiger partial charge in [0.2, 0.25) is 0 Å². The van der Waals surface area contributed by atoms with Gasteiger partial charge in [-0.2, -0.15) is 5.10 Å². The summed E-state index contributed by atoms with van der Waals surface area (Å²) in [6.07, 6.45) is 3.72. The smallest absolute Gasteiger partial charge is 0.258 e. The van der Waals surface area contributed by atoms with E-state index in [2.05, 4.69) is 17.0 Å². The number of amides is 1. The Hall–Kier alpha value is -2.37. The fourth-order valence-corrected chi connectivity index (χ4v) is 3.66. The lowest BCUT2D eigenvalue weighted by atomic mass is 10.0. The highest BCUT2D eigenvalue weighted by molar-refractivity contribution is 5.99. The molecule has 0 spiro atoms. The highest BCUT2D eigenvalue weighted by Gasteiger charge is 2.35. The standard InChI is InChI=1S/C18H25N5O/c1-12-16(13(2)22(5)20-12)15-9-7-11-23(15)18(24)14-8-6-10-19-17(14)21(3)4/h6,8,10,15H,7,9,11H2,1-5H3/t15-/m1/s1. The van der Waals surface area contributed by atoms with Gasteiger partial charge < -0.3 is 9.80 Å². The zero-order valence-electron chi connectivity index (χ0n) is 15.1. The topological polar surface area (TPSA) is 54.3 Å². The summed E-state index contributed by atoms with van der Waals surface area (Å²) in [5.74, 6) is 0.768. The Bertz CT molecular complexity index is 765. The molecule has 0 bridgehead atoms. The monoisotopic (exact) mass is 327 g/mol. The van der Waals surface area contributed by atoms with Crippen LogP contribution in [0.1, 0.15) is 46.2 Å². The number of carbonyl (C=O) groups is 1. The van der Waals surface area contributed by atoms with Crippen molar-refractivity contribution in [2.75, 3.05) is 25.5 Å². The van der Waals surface area contributed by atoms with Crippen molar-refractivity contribution in [1.82, 2.24) is 19.7 Å².